The number of hydrazine groups is 1. The van der Waals surface area contributed by atoms with Crippen molar-refractivity contribution in [3.05, 3.63) is 77.9 Å². The number of methoxy groups -OCH3 is 1. The number of hydrogen-bond acceptors (Lipinski definition) is 5. The minimum absolute atomic E-state index is 0.0108. The molecule has 3 heterocycles. The van der Waals surface area contributed by atoms with Gasteiger partial charge in [0.25, 0.3) is 5.91 Å². The van der Waals surface area contributed by atoms with Gasteiger partial charge in [0.1, 0.15) is 5.75 Å². The molecule has 0 radical (unpaired) electrons. The summed E-state index contributed by atoms with van der Waals surface area (Å²) in [5.74, 6) is 0.886. The van der Waals surface area contributed by atoms with Crippen molar-refractivity contribution >= 4 is 5.91 Å². The second-order valence-electron chi connectivity index (χ2n) is 11.6. The lowest BCUT2D eigenvalue weighted by molar-refractivity contribution is -0.235. The third-order valence-corrected chi connectivity index (χ3v) is 10.2. The number of carbonyl (C=O) groups is 1. The molecule has 5 aliphatic rings. The third-order valence-electron chi connectivity index (χ3n) is 10.2. The topological polar surface area (TPSA) is 48.0 Å². The largest absolute Gasteiger partial charge is 0.497 e. The number of nitrogens with zero attached hydrogens (tertiary/aromatic N) is 3. The molecule has 1 N–H and O–H groups in total. The maximum atomic E-state index is 12.9. The van der Waals surface area contributed by atoms with Gasteiger partial charge in [-0.3, -0.25) is 20.0 Å². The van der Waals surface area contributed by atoms with Gasteiger partial charge in [0.2, 0.25) is 0 Å². The molecule has 1 spiro atoms. The highest BCUT2D eigenvalue weighted by atomic mass is 16.5. The van der Waals surface area contributed by atoms with Gasteiger partial charge < -0.3 is 4.74 Å². The second kappa shape index (κ2) is 8.97. The lowest BCUT2D eigenvalue weighted by atomic mass is 9.56. The van der Waals surface area contributed by atoms with E-state index in [-0.39, 0.29) is 11.9 Å². The summed E-state index contributed by atoms with van der Waals surface area (Å²) < 4.78 is 5.63. The van der Waals surface area contributed by atoms with E-state index in [1.54, 1.807) is 7.11 Å². The zero-order valence-electron chi connectivity index (χ0n) is 21.8. The van der Waals surface area contributed by atoms with Crippen LogP contribution in [0.3, 0.4) is 0 Å². The highest BCUT2D eigenvalue weighted by molar-refractivity contribution is 5.93. The molecule has 1 amide bonds. The lowest BCUT2D eigenvalue weighted by Crippen LogP contribution is -2.83. The SMILES string of the molecule is C=CCN1C2CCC3N(C(c4ccc(C(=O)NN5CCCC5)cc4)c4cccc(OC)c4)C4CCC1C234. The summed E-state index contributed by atoms with van der Waals surface area (Å²) in [5, 5.41) is 2.04. The molecule has 6 heteroatoms. The van der Waals surface area contributed by atoms with Crippen molar-refractivity contribution in [3.63, 3.8) is 0 Å². The average molecular weight is 499 g/mol. The molecule has 5 fully saturated rings. The maximum absolute atomic E-state index is 12.9. The van der Waals surface area contributed by atoms with E-state index in [1.807, 2.05) is 23.2 Å². The van der Waals surface area contributed by atoms with Crippen molar-refractivity contribution in [1.82, 2.24) is 20.2 Å². The van der Waals surface area contributed by atoms with E-state index in [2.05, 4.69) is 58.2 Å². The molecule has 5 unspecified atom stereocenters. The van der Waals surface area contributed by atoms with Gasteiger partial charge in [-0.2, -0.15) is 0 Å². The number of amides is 1. The molecule has 3 aliphatic heterocycles. The van der Waals surface area contributed by atoms with Gasteiger partial charge in [-0.1, -0.05) is 30.3 Å². The van der Waals surface area contributed by atoms with Gasteiger partial charge in [0.15, 0.2) is 0 Å². The molecule has 0 aromatic heterocycles. The Hall–Kier alpha value is -2.67. The monoisotopic (exact) mass is 498 g/mol. The molecule has 0 bridgehead atoms. The molecule has 2 aromatic carbocycles. The Kier molecular flexibility index (Phi) is 5.68. The summed E-state index contributed by atoms with van der Waals surface area (Å²) in [6, 6.07) is 19.8. The van der Waals surface area contributed by atoms with Crippen molar-refractivity contribution in [2.24, 2.45) is 5.41 Å². The zero-order valence-corrected chi connectivity index (χ0v) is 21.8. The van der Waals surface area contributed by atoms with Crippen LogP contribution in [0.15, 0.2) is 61.2 Å². The number of likely N-dealkylation sites (tertiary alicyclic amines) is 2. The minimum atomic E-state index is -0.0108. The predicted molar refractivity (Wildman–Crippen MR) is 144 cm³/mol. The van der Waals surface area contributed by atoms with Crippen LogP contribution in [0.5, 0.6) is 5.75 Å². The number of benzene rings is 2. The summed E-state index contributed by atoms with van der Waals surface area (Å²) in [5.41, 5.74) is 6.80. The van der Waals surface area contributed by atoms with Crippen molar-refractivity contribution < 1.29 is 9.53 Å². The van der Waals surface area contributed by atoms with Crippen LogP contribution < -0.4 is 10.2 Å². The number of rotatable bonds is 8. The quantitative estimate of drug-likeness (QED) is 0.547. The Morgan fingerprint density at radius 1 is 1.03 bits per heavy atom. The van der Waals surface area contributed by atoms with Gasteiger partial charge in [0, 0.05) is 54.8 Å². The third kappa shape index (κ3) is 3.32. The normalized spacial score (nSPS) is 33.2. The fourth-order valence-electron chi connectivity index (χ4n) is 8.92. The van der Waals surface area contributed by atoms with Gasteiger partial charge in [-0.15, -0.1) is 6.58 Å². The molecule has 2 aromatic rings. The smallest absolute Gasteiger partial charge is 0.265 e. The first-order chi connectivity index (χ1) is 18.2. The van der Waals surface area contributed by atoms with Gasteiger partial charge in [0.05, 0.1) is 13.2 Å². The minimum Gasteiger partial charge on any atom is -0.497 e. The van der Waals surface area contributed by atoms with Crippen molar-refractivity contribution in [2.45, 2.75) is 68.7 Å². The fourth-order valence-corrected chi connectivity index (χ4v) is 8.92. The van der Waals surface area contributed by atoms with E-state index < -0.39 is 0 Å². The van der Waals surface area contributed by atoms with Gasteiger partial charge in [-0.05, 0) is 73.9 Å². The predicted octanol–water partition coefficient (Wildman–Crippen LogP) is 4.39. The van der Waals surface area contributed by atoms with Crippen LogP contribution in [0.1, 0.15) is 66.1 Å². The van der Waals surface area contributed by atoms with E-state index >= 15 is 0 Å². The first kappa shape index (κ1) is 23.4. The van der Waals surface area contributed by atoms with Crippen molar-refractivity contribution in [2.75, 3.05) is 26.7 Å². The average Bonchev–Trinajstić information content (AvgIpc) is 3.61. The summed E-state index contributed by atoms with van der Waals surface area (Å²) in [6.45, 7) is 6.93. The molecule has 3 saturated heterocycles. The van der Waals surface area contributed by atoms with Crippen LogP contribution in [0.4, 0.5) is 0 Å². The van der Waals surface area contributed by atoms with Crippen LogP contribution in [-0.2, 0) is 0 Å². The zero-order chi connectivity index (χ0) is 25.1. The fraction of sp³-hybridized carbons (Fsp3) is 0.516. The van der Waals surface area contributed by atoms with Crippen molar-refractivity contribution in [3.8, 4) is 5.75 Å². The molecule has 2 aliphatic carbocycles. The Labute approximate surface area is 220 Å². The summed E-state index contributed by atoms with van der Waals surface area (Å²) in [6.07, 6.45) is 9.50. The molecule has 37 heavy (non-hydrogen) atoms. The Bertz CT molecular complexity index is 1160. The van der Waals surface area contributed by atoms with E-state index in [0.717, 1.165) is 43.8 Å². The summed E-state index contributed by atoms with van der Waals surface area (Å²) in [4.78, 5) is 18.4. The Balaban J connectivity index is 1.20. The first-order valence-electron chi connectivity index (χ1n) is 14.1. The number of nitrogens with one attached hydrogen (secondary N) is 1. The number of hydrogen-bond donors (Lipinski definition) is 1. The summed E-state index contributed by atoms with van der Waals surface area (Å²) in [7, 11) is 1.74. The Morgan fingerprint density at radius 2 is 1.70 bits per heavy atom. The molecule has 2 saturated carbocycles. The standard InChI is InChI=1S/C31H38N4O2/c1-3-17-34-25-13-15-27-31(25)26(34)14-16-28(31)35(27)29(23-7-6-8-24(20-23)37-2)21-9-11-22(12-10-21)30(36)32-33-18-4-5-19-33/h3,6-12,20,25-29H,1,4-5,13-19H2,2H3,(H,32,36). The molecule has 7 rings (SSSR count). The maximum Gasteiger partial charge on any atom is 0.265 e. The highest BCUT2D eigenvalue weighted by Crippen LogP contribution is 2.72. The molecular formula is C31H38N4O2. The van der Waals surface area contributed by atoms with Crippen LogP contribution in [0.2, 0.25) is 0 Å². The Morgan fingerprint density at radius 3 is 2.35 bits per heavy atom. The van der Waals surface area contributed by atoms with E-state index in [9.17, 15) is 4.79 Å². The van der Waals surface area contributed by atoms with Crippen LogP contribution in [-0.4, -0.2) is 71.6 Å². The molecular weight excluding hydrogens is 460 g/mol. The second-order valence-corrected chi connectivity index (χ2v) is 11.6. The van der Waals surface area contributed by atoms with Gasteiger partial charge in [-0.25, -0.2) is 5.01 Å². The van der Waals surface area contributed by atoms with E-state index in [0.29, 0.717) is 29.6 Å². The molecule has 5 atom stereocenters. The number of ether oxygens (including phenoxy) is 1. The molecule has 194 valence electrons. The van der Waals surface area contributed by atoms with E-state index in [4.69, 9.17) is 4.74 Å². The van der Waals surface area contributed by atoms with Crippen LogP contribution >= 0.6 is 0 Å². The lowest BCUT2D eigenvalue weighted by Gasteiger charge is -2.72. The van der Waals surface area contributed by atoms with Crippen molar-refractivity contribution in [1.29, 1.82) is 0 Å². The van der Waals surface area contributed by atoms with E-state index in [1.165, 1.54) is 36.8 Å². The van der Waals surface area contributed by atoms with Gasteiger partial charge >= 0.3 is 0 Å². The van der Waals surface area contributed by atoms with Crippen LogP contribution in [0.25, 0.3) is 0 Å². The summed E-state index contributed by atoms with van der Waals surface area (Å²) >= 11 is 0. The van der Waals surface area contributed by atoms with Crippen LogP contribution in [0, 0.1) is 5.41 Å². The first-order valence-corrected chi connectivity index (χ1v) is 14.1. The molecule has 6 nitrogen and oxygen atoms in total. The highest BCUT2D eigenvalue weighted by Gasteiger charge is 2.80. The number of carbonyl (C=O) groups excluding carboxylic acids is 1.